The Hall–Kier alpha value is -1.94. The zero-order valence-electron chi connectivity index (χ0n) is 16.8. The second-order valence-electron chi connectivity index (χ2n) is 7.95. The van der Waals surface area contributed by atoms with Gasteiger partial charge in [0.2, 0.25) is 5.91 Å². The third kappa shape index (κ3) is 5.60. The Bertz CT molecular complexity index is 990. The van der Waals surface area contributed by atoms with Crippen LogP contribution in [0, 0.1) is 0 Å². The van der Waals surface area contributed by atoms with E-state index in [1.807, 2.05) is 19.9 Å². The highest BCUT2D eigenvalue weighted by atomic mass is 79.9. The molecule has 1 amide bonds. The Balaban J connectivity index is 1.76. The monoisotopic (exact) mass is 488 g/mol. The van der Waals surface area contributed by atoms with Gasteiger partial charge in [0.25, 0.3) is 5.56 Å². The van der Waals surface area contributed by atoms with E-state index >= 15 is 0 Å². The van der Waals surface area contributed by atoms with E-state index < -0.39 is 18.6 Å². The predicted octanol–water partition coefficient (Wildman–Crippen LogP) is 3.43. The van der Waals surface area contributed by atoms with Crippen molar-refractivity contribution in [3.05, 3.63) is 38.7 Å². The minimum absolute atomic E-state index is 0.0333. The van der Waals surface area contributed by atoms with E-state index in [-0.39, 0.29) is 30.6 Å². The second kappa shape index (κ2) is 9.05. The summed E-state index contributed by atoms with van der Waals surface area (Å²) in [7, 11) is 0. The van der Waals surface area contributed by atoms with Crippen molar-refractivity contribution in [2.24, 2.45) is 0 Å². The average molecular weight is 489 g/mol. The number of hydrogen-bond acceptors (Lipinski definition) is 4. The van der Waals surface area contributed by atoms with Gasteiger partial charge in [0, 0.05) is 22.4 Å². The maximum Gasteiger partial charge on any atom is 0.401 e. The number of amides is 1. The molecular weight excluding hydrogens is 465 g/mol. The molecule has 0 aliphatic carbocycles. The van der Waals surface area contributed by atoms with Crippen molar-refractivity contribution in [2.75, 3.05) is 19.6 Å². The largest absolute Gasteiger partial charge is 0.401 e. The molecule has 1 aromatic heterocycles. The molecule has 1 saturated heterocycles. The molecule has 6 nitrogen and oxygen atoms in total. The van der Waals surface area contributed by atoms with E-state index in [4.69, 9.17) is 0 Å². The van der Waals surface area contributed by atoms with Crippen LogP contribution in [-0.2, 0) is 11.3 Å². The SMILES string of the molecule is CC(C)c1nn(CC(=O)N[C@@H]2CCCN(CC(F)(F)F)C2)c(=O)c2ccc(Br)cc12. The molecule has 1 atom stereocenters. The van der Waals surface area contributed by atoms with Gasteiger partial charge in [-0.3, -0.25) is 14.5 Å². The molecule has 0 bridgehead atoms. The van der Waals surface area contributed by atoms with Crippen LogP contribution in [0.3, 0.4) is 0 Å². The number of piperidine rings is 1. The highest BCUT2D eigenvalue weighted by molar-refractivity contribution is 9.10. The van der Waals surface area contributed by atoms with Gasteiger partial charge in [-0.2, -0.15) is 18.3 Å². The van der Waals surface area contributed by atoms with E-state index in [1.165, 1.54) is 4.90 Å². The smallest absolute Gasteiger partial charge is 0.350 e. The average Bonchev–Trinajstić information content (AvgIpc) is 2.62. The number of carbonyl (C=O) groups is 1. The summed E-state index contributed by atoms with van der Waals surface area (Å²) in [6.07, 6.45) is -3.09. The van der Waals surface area contributed by atoms with Crippen LogP contribution >= 0.6 is 15.9 Å². The summed E-state index contributed by atoms with van der Waals surface area (Å²) in [5.74, 6) is -0.402. The molecular formula is C20H24BrF3N4O2. The van der Waals surface area contributed by atoms with Crippen LogP contribution in [0.4, 0.5) is 13.2 Å². The van der Waals surface area contributed by atoms with Crippen molar-refractivity contribution in [1.29, 1.82) is 0 Å². The normalized spacial score (nSPS) is 18.2. The van der Waals surface area contributed by atoms with Crippen LogP contribution in [0.5, 0.6) is 0 Å². The number of likely N-dealkylation sites (tertiary alicyclic amines) is 1. The summed E-state index contributed by atoms with van der Waals surface area (Å²) in [6, 6.07) is 4.90. The number of aromatic nitrogens is 2. The first-order chi connectivity index (χ1) is 14.0. The standard InChI is InChI=1S/C20H24BrF3N4O2/c1-12(2)18-16-8-13(21)5-6-15(16)19(30)28(26-18)10-17(29)25-14-4-3-7-27(9-14)11-20(22,23)24/h5-6,8,12,14H,3-4,7,9-11H2,1-2H3,(H,25,29)/t14-/m1/s1. The quantitative estimate of drug-likeness (QED) is 0.699. The minimum Gasteiger partial charge on any atom is -0.350 e. The molecule has 0 spiro atoms. The molecule has 30 heavy (non-hydrogen) atoms. The molecule has 2 aromatic rings. The molecule has 1 aromatic carbocycles. The van der Waals surface area contributed by atoms with Gasteiger partial charge in [-0.05, 0) is 43.5 Å². The van der Waals surface area contributed by atoms with E-state index in [9.17, 15) is 22.8 Å². The fourth-order valence-corrected chi connectivity index (χ4v) is 4.16. The first kappa shape index (κ1) is 22.7. The maximum absolute atomic E-state index is 12.8. The number of halogens is 4. The topological polar surface area (TPSA) is 67.2 Å². The molecule has 2 heterocycles. The van der Waals surface area contributed by atoms with Crippen LogP contribution in [0.1, 0.15) is 38.3 Å². The highest BCUT2D eigenvalue weighted by Gasteiger charge is 2.33. The number of nitrogens with one attached hydrogen (secondary N) is 1. The van der Waals surface area contributed by atoms with Crippen molar-refractivity contribution in [3.63, 3.8) is 0 Å². The Morgan fingerprint density at radius 2 is 2.07 bits per heavy atom. The summed E-state index contributed by atoms with van der Waals surface area (Å²) >= 11 is 3.40. The zero-order valence-corrected chi connectivity index (χ0v) is 18.4. The van der Waals surface area contributed by atoms with Gasteiger partial charge in [0.05, 0.1) is 17.6 Å². The van der Waals surface area contributed by atoms with Gasteiger partial charge < -0.3 is 5.32 Å². The number of carbonyl (C=O) groups excluding carboxylic acids is 1. The molecule has 164 valence electrons. The molecule has 3 rings (SSSR count). The number of nitrogens with zero attached hydrogens (tertiary/aromatic N) is 3. The molecule has 0 radical (unpaired) electrons. The minimum atomic E-state index is -4.27. The summed E-state index contributed by atoms with van der Waals surface area (Å²) in [6.45, 7) is 3.13. The Labute approximate surface area is 180 Å². The van der Waals surface area contributed by atoms with Gasteiger partial charge in [-0.25, -0.2) is 4.68 Å². The molecule has 1 fully saturated rings. The number of benzene rings is 1. The fraction of sp³-hybridized carbons (Fsp3) is 0.550. The highest BCUT2D eigenvalue weighted by Crippen LogP contribution is 2.24. The Morgan fingerprint density at radius 3 is 2.73 bits per heavy atom. The van der Waals surface area contributed by atoms with Crippen LogP contribution in [0.15, 0.2) is 27.5 Å². The van der Waals surface area contributed by atoms with Crippen LogP contribution in [-0.4, -0.2) is 52.4 Å². The van der Waals surface area contributed by atoms with E-state index in [2.05, 4.69) is 26.3 Å². The van der Waals surface area contributed by atoms with Gasteiger partial charge in [-0.1, -0.05) is 29.8 Å². The summed E-state index contributed by atoms with van der Waals surface area (Å²) in [5.41, 5.74) is 0.326. The molecule has 1 aliphatic heterocycles. The third-order valence-electron chi connectivity index (χ3n) is 5.06. The summed E-state index contributed by atoms with van der Waals surface area (Å²) in [5, 5.41) is 8.37. The number of rotatable bonds is 5. The zero-order chi connectivity index (χ0) is 22.1. The Morgan fingerprint density at radius 1 is 1.33 bits per heavy atom. The molecule has 10 heteroatoms. The third-order valence-corrected chi connectivity index (χ3v) is 5.56. The Kier molecular flexibility index (Phi) is 6.86. The van der Waals surface area contributed by atoms with Crippen molar-refractivity contribution in [3.8, 4) is 0 Å². The van der Waals surface area contributed by atoms with Gasteiger partial charge >= 0.3 is 6.18 Å². The van der Waals surface area contributed by atoms with Crippen molar-refractivity contribution < 1.29 is 18.0 Å². The maximum atomic E-state index is 12.8. The molecule has 0 unspecified atom stereocenters. The summed E-state index contributed by atoms with van der Waals surface area (Å²) < 4.78 is 39.9. The van der Waals surface area contributed by atoms with E-state index in [0.717, 1.165) is 14.5 Å². The van der Waals surface area contributed by atoms with E-state index in [1.54, 1.807) is 12.1 Å². The predicted molar refractivity (Wildman–Crippen MR) is 111 cm³/mol. The lowest BCUT2D eigenvalue weighted by Gasteiger charge is -2.33. The van der Waals surface area contributed by atoms with Crippen molar-refractivity contribution in [1.82, 2.24) is 20.0 Å². The number of alkyl halides is 3. The van der Waals surface area contributed by atoms with Crippen LogP contribution in [0.2, 0.25) is 0 Å². The van der Waals surface area contributed by atoms with Crippen molar-refractivity contribution >= 4 is 32.6 Å². The number of hydrogen-bond donors (Lipinski definition) is 1. The van der Waals surface area contributed by atoms with Gasteiger partial charge in [-0.15, -0.1) is 0 Å². The van der Waals surface area contributed by atoms with Crippen LogP contribution in [0.25, 0.3) is 10.8 Å². The first-order valence-corrected chi connectivity index (χ1v) is 10.6. The van der Waals surface area contributed by atoms with Crippen molar-refractivity contribution in [2.45, 2.75) is 51.4 Å². The first-order valence-electron chi connectivity index (χ1n) is 9.82. The second-order valence-corrected chi connectivity index (χ2v) is 8.87. The lowest BCUT2D eigenvalue weighted by Crippen LogP contribution is -2.50. The molecule has 1 N–H and O–H groups in total. The molecule has 0 saturated carbocycles. The van der Waals surface area contributed by atoms with Crippen LogP contribution < -0.4 is 10.9 Å². The lowest BCUT2D eigenvalue weighted by molar-refractivity contribution is -0.148. The number of fused-ring (bicyclic) bond motifs is 1. The van der Waals surface area contributed by atoms with Gasteiger partial charge in [0.15, 0.2) is 0 Å². The van der Waals surface area contributed by atoms with E-state index in [0.29, 0.717) is 30.5 Å². The summed E-state index contributed by atoms with van der Waals surface area (Å²) in [4.78, 5) is 26.7. The van der Waals surface area contributed by atoms with Gasteiger partial charge in [0.1, 0.15) is 6.54 Å². The fourth-order valence-electron chi connectivity index (χ4n) is 3.80. The molecule has 1 aliphatic rings. The lowest BCUT2D eigenvalue weighted by atomic mass is 10.0.